The van der Waals surface area contributed by atoms with Gasteiger partial charge in [-0.2, -0.15) is 0 Å². The fraction of sp³-hybridized carbons (Fsp3) is 0.917. The summed E-state index contributed by atoms with van der Waals surface area (Å²) in [4.78, 5) is 13.3. The number of rotatable bonds is 6. The van der Waals surface area contributed by atoms with E-state index in [0.29, 0.717) is 5.92 Å². The maximum Gasteiger partial charge on any atom is 0.320 e. The fourth-order valence-electron chi connectivity index (χ4n) is 2.37. The summed E-state index contributed by atoms with van der Waals surface area (Å²) in [6.45, 7) is 1.64. The lowest BCUT2D eigenvalue weighted by molar-refractivity contribution is -0.141. The average Bonchev–Trinajstić information content (AvgIpc) is 2.25. The van der Waals surface area contributed by atoms with E-state index in [1.807, 2.05) is 14.1 Å². The molecule has 0 aliphatic heterocycles. The fourth-order valence-corrected chi connectivity index (χ4v) is 2.37. The monoisotopic (exact) mass is 228 g/mol. The molecule has 94 valence electrons. The van der Waals surface area contributed by atoms with Gasteiger partial charge < -0.3 is 15.3 Å². The number of carboxylic acid groups (broad SMARTS) is 1. The van der Waals surface area contributed by atoms with E-state index < -0.39 is 5.97 Å². The van der Waals surface area contributed by atoms with Crippen LogP contribution in [0.3, 0.4) is 0 Å². The van der Waals surface area contributed by atoms with Crippen LogP contribution in [-0.2, 0) is 4.79 Å². The summed E-state index contributed by atoms with van der Waals surface area (Å²) < 4.78 is 0. The highest BCUT2D eigenvalue weighted by Gasteiger charge is 2.28. The summed E-state index contributed by atoms with van der Waals surface area (Å²) >= 11 is 0. The molecule has 0 aromatic carbocycles. The first-order chi connectivity index (χ1) is 7.61. The highest BCUT2D eigenvalue weighted by molar-refractivity contribution is 5.73. The molecule has 1 rings (SSSR count). The molecule has 1 saturated carbocycles. The van der Waals surface area contributed by atoms with Crippen LogP contribution in [0.15, 0.2) is 0 Å². The molecular weight excluding hydrogens is 204 g/mol. The summed E-state index contributed by atoms with van der Waals surface area (Å²) in [7, 11) is 4.00. The van der Waals surface area contributed by atoms with Gasteiger partial charge in [0.1, 0.15) is 6.04 Å². The van der Waals surface area contributed by atoms with Gasteiger partial charge in [-0.1, -0.05) is 19.3 Å². The lowest BCUT2D eigenvalue weighted by Gasteiger charge is -2.28. The van der Waals surface area contributed by atoms with Gasteiger partial charge in [0.2, 0.25) is 0 Å². The highest BCUT2D eigenvalue weighted by Crippen LogP contribution is 2.26. The van der Waals surface area contributed by atoms with Crippen molar-refractivity contribution in [2.24, 2.45) is 5.92 Å². The molecule has 0 unspecified atom stereocenters. The van der Waals surface area contributed by atoms with Crippen LogP contribution in [0.4, 0.5) is 0 Å². The summed E-state index contributed by atoms with van der Waals surface area (Å²) in [5, 5.41) is 12.4. The van der Waals surface area contributed by atoms with Gasteiger partial charge >= 0.3 is 5.97 Å². The Hall–Kier alpha value is -0.610. The number of nitrogens with zero attached hydrogens (tertiary/aromatic N) is 1. The molecule has 0 radical (unpaired) electrons. The van der Waals surface area contributed by atoms with Crippen LogP contribution in [0.1, 0.15) is 32.1 Å². The Labute approximate surface area is 98.0 Å². The van der Waals surface area contributed by atoms with Crippen molar-refractivity contribution in [2.45, 2.75) is 38.1 Å². The first-order valence-electron chi connectivity index (χ1n) is 6.22. The third-order valence-electron chi connectivity index (χ3n) is 3.31. The molecule has 0 bridgehead atoms. The zero-order valence-corrected chi connectivity index (χ0v) is 10.4. The van der Waals surface area contributed by atoms with Gasteiger partial charge in [0.15, 0.2) is 0 Å². The first kappa shape index (κ1) is 13.5. The van der Waals surface area contributed by atoms with Crippen molar-refractivity contribution in [3.05, 3.63) is 0 Å². The number of nitrogens with one attached hydrogen (secondary N) is 1. The van der Waals surface area contributed by atoms with Gasteiger partial charge in [0, 0.05) is 13.1 Å². The SMILES string of the molecule is CN(C)CCN[C@H](C(=O)O)C1CCCCC1. The molecule has 1 aliphatic carbocycles. The quantitative estimate of drug-likeness (QED) is 0.716. The number of hydrogen-bond acceptors (Lipinski definition) is 3. The third-order valence-corrected chi connectivity index (χ3v) is 3.31. The van der Waals surface area contributed by atoms with Gasteiger partial charge in [0.05, 0.1) is 0 Å². The molecule has 0 aromatic rings. The van der Waals surface area contributed by atoms with Gasteiger partial charge in [-0.3, -0.25) is 4.79 Å². The van der Waals surface area contributed by atoms with E-state index in [1.165, 1.54) is 19.3 Å². The predicted molar refractivity (Wildman–Crippen MR) is 64.6 cm³/mol. The number of hydrogen-bond donors (Lipinski definition) is 2. The molecule has 1 aliphatic rings. The highest BCUT2D eigenvalue weighted by atomic mass is 16.4. The summed E-state index contributed by atoms with van der Waals surface area (Å²) in [5.41, 5.74) is 0. The standard InChI is InChI=1S/C12H24N2O2/c1-14(2)9-8-13-11(12(15)16)10-6-4-3-5-7-10/h10-11,13H,3-9H2,1-2H3,(H,15,16)/t11-/m0/s1. The van der Waals surface area contributed by atoms with E-state index in [1.54, 1.807) is 0 Å². The third kappa shape index (κ3) is 4.49. The van der Waals surface area contributed by atoms with Gasteiger partial charge in [-0.15, -0.1) is 0 Å². The number of likely N-dealkylation sites (N-methyl/N-ethyl adjacent to an activating group) is 1. The van der Waals surface area contributed by atoms with Crippen molar-refractivity contribution in [3.8, 4) is 0 Å². The van der Waals surface area contributed by atoms with E-state index in [0.717, 1.165) is 25.9 Å². The Morgan fingerprint density at radius 3 is 2.50 bits per heavy atom. The van der Waals surface area contributed by atoms with Gasteiger partial charge in [-0.25, -0.2) is 0 Å². The molecule has 1 atom stereocenters. The Balaban J connectivity index is 2.37. The van der Waals surface area contributed by atoms with Crippen molar-refractivity contribution < 1.29 is 9.90 Å². The van der Waals surface area contributed by atoms with Crippen LogP contribution in [0.25, 0.3) is 0 Å². The van der Waals surface area contributed by atoms with Crippen LogP contribution < -0.4 is 5.32 Å². The normalized spacial score (nSPS) is 19.9. The molecule has 16 heavy (non-hydrogen) atoms. The van der Waals surface area contributed by atoms with Crippen LogP contribution in [0, 0.1) is 5.92 Å². The maximum absolute atomic E-state index is 11.2. The lowest BCUT2D eigenvalue weighted by Crippen LogP contribution is -2.45. The van der Waals surface area contributed by atoms with E-state index >= 15 is 0 Å². The van der Waals surface area contributed by atoms with E-state index in [4.69, 9.17) is 0 Å². The lowest BCUT2D eigenvalue weighted by atomic mass is 9.84. The summed E-state index contributed by atoms with van der Waals surface area (Å²) in [6.07, 6.45) is 5.76. The molecule has 0 spiro atoms. The van der Waals surface area contributed by atoms with Crippen molar-refractivity contribution in [1.29, 1.82) is 0 Å². The Morgan fingerprint density at radius 1 is 1.38 bits per heavy atom. The number of carbonyl (C=O) groups is 1. The van der Waals surface area contributed by atoms with Crippen molar-refractivity contribution in [2.75, 3.05) is 27.2 Å². The van der Waals surface area contributed by atoms with Gasteiger partial charge in [-0.05, 0) is 32.9 Å². The summed E-state index contributed by atoms with van der Waals surface area (Å²) in [5.74, 6) is -0.362. The Bertz CT molecular complexity index is 213. The van der Waals surface area contributed by atoms with Crippen LogP contribution in [0.2, 0.25) is 0 Å². The number of carboxylic acids is 1. The topological polar surface area (TPSA) is 52.6 Å². The molecule has 4 heteroatoms. The second kappa shape index (κ2) is 6.86. The van der Waals surface area contributed by atoms with Crippen LogP contribution >= 0.6 is 0 Å². The minimum Gasteiger partial charge on any atom is -0.480 e. The molecule has 4 nitrogen and oxygen atoms in total. The second-order valence-electron chi connectivity index (χ2n) is 4.97. The molecular formula is C12H24N2O2. The van der Waals surface area contributed by atoms with E-state index in [-0.39, 0.29) is 6.04 Å². The predicted octanol–water partition coefficient (Wildman–Crippen LogP) is 1.17. The molecule has 0 heterocycles. The smallest absolute Gasteiger partial charge is 0.320 e. The van der Waals surface area contributed by atoms with Crippen molar-refractivity contribution >= 4 is 5.97 Å². The van der Waals surface area contributed by atoms with Gasteiger partial charge in [0.25, 0.3) is 0 Å². The van der Waals surface area contributed by atoms with Crippen molar-refractivity contribution in [1.82, 2.24) is 10.2 Å². The Kier molecular flexibility index (Phi) is 5.77. The van der Waals surface area contributed by atoms with E-state index in [9.17, 15) is 9.90 Å². The average molecular weight is 228 g/mol. The molecule has 2 N–H and O–H groups in total. The summed E-state index contributed by atoms with van der Waals surface area (Å²) in [6, 6.07) is -0.347. The largest absolute Gasteiger partial charge is 0.480 e. The molecule has 1 fully saturated rings. The second-order valence-corrected chi connectivity index (χ2v) is 4.97. The maximum atomic E-state index is 11.2. The zero-order chi connectivity index (χ0) is 12.0. The van der Waals surface area contributed by atoms with Crippen LogP contribution in [-0.4, -0.2) is 49.2 Å². The Morgan fingerprint density at radius 2 is 2.00 bits per heavy atom. The minimum atomic E-state index is -0.689. The molecule has 0 aromatic heterocycles. The first-order valence-corrected chi connectivity index (χ1v) is 6.22. The van der Waals surface area contributed by atoms with Crippen LogP contribution in [0.5, 0.6) is 0 Å². The van der Waals surface area contributed by atoms with Crippen molar-refractivity contribution in [3.63, 3.8) is 0 Å². The molecule has 0 amide bonds. The van der Waals surface area contributed by atoms with E-state index in [2.05, 4.69) is 10.2 Å². The zero-order valence-electron chi connectivity index (χ0n) is 10.4. The number of aliphatic carboxylic acids is 1. The molecule has 0 saturated heterocycles. The minimum absolute atomic E-state index is 0.327.